The zero-order valence-electron chi connectivity index (χ0n) is 19.6. The summed E-state index contributed by atoms with van der Waals surface area (Å²) in [6.07, 6.45) is -2.58. The van der Waals surface area contributed by atoms with Crippen molar-refractivity contribution in [1.29, 1.82) is 0 Å². The van der Waals surface area contributed by atoms with Crippen molar-refractivity contribution in [3.8, 4) is 0 Å². The summed E-state index contributed by atoms with van der Waals surface area (Å²) < 4.78 is 96.2. The second-order valence-corrected chi connectivity index (χ2v) is 11.5. The number of rotatable bonds is 5. The van der Waals surface area contributed by atoms with Crippen LogP contribution in [0.15, 0.2) is 53.9 Å². The van der Waals surface area contributed by atoms with Gasteiger partial charge in [0.2, 0.25) is 10.0 Å². The Morgan fingerprint density at radius 2 is 1.51 bits per heavy atom. The third-order valence-corrected chi connectivity index (χ3v) is 8.42. The van der Waals surface area contributed by atoms with E-state index < -0.39 is 34.3 Å². The van der Waals surface area contributed by atoms with Gasteiger partial charge in [-0.2, -0.15) is 30.6 Å². The van der Waals surface area contributed by atoms with Crippen LogP contribution in [0.5, 0.6) is 0 Å². The van der Waals surface area contributed by atoms with Crippen LogP contribution in [-0.4, -0.2) is 86.9 Å². The van der Waals surface area contributed by atoms with Gasteiger partial charge in [-0.05, 0) is 30.2 Å². The Morgan fingerprint density at radius 1 is 1.00 bits per heavy atom. The van der Waals surface area contributed by atoms with Crippen molar-refractivity contribution in [2.75, 3.05) is 18.8 Å². The fraction of sp³-hybridized carbons (Fsp3) is 0.429. The standard InChI is InChI=1S/C17H19N3O3S2.2C2HF3O2/c21-25(22,16-4-2-6-19-9-16)20-12-17(13-20)7-15(11-24-17)23-10-14-3-1-5-18-8-14;2*3-2(4,5)1(6)7/h1-6,8-9,15H,7,10-13H2;2*(H,6,7). The molecule has 0 radical (unpaired) electrons. The van der Waals surface area contributed by atoms with Gasteiger partial charge >= 0.3 is 24.3 Å². The number of sulfonamides is 1. The molecule has 0 bridgehead atoms. The van der Waals surface area contributed by atoms with E-state index in [1.165, 1.54) is 6.20 Å². The maximum atomic E-state index is 12.6. The second kappa shape index (κ2) is 12.9. The van der Waals surface area contributed by atoms with Gasteiger partial charge in [0, 0.05) is 48.4 Å². The molecule has 4 heterocycles. The van der Waals surface area contributed by atoms with Gasteiger partial charge in [0.25, 0.3) is 0 Å². The zero-order chi connectivity index (χ0) is 29.5. The number of thioether (sulfide) groups is 1. The summed E-state index contributed by atoms with van der Waals surface area (Å²) in [6, 6.07) is 7.14. The molecule has 0 amide bonds. The first-order chi connectivity index (χ1) is 18.0. The minimum Gasteiger partial charge on any atom is -0.475 e. The molecule has 2 aliphatic rings. The van der Waals surface area contributed by atoms with Crippen molar-refractivity contribution >= 4 is 33.7 Å². The number of halogens is 6. The molecule has 2 aromatic rings. The largest absolute Gasteiger partial charge is 0.490 e. The number of hydrogen-bond donors (Lipinski definition) is 2. The van der Waals surface area contributed by atoms with Crippen LogP contribution in [0.25, 0.3) is 0 Å². The van der Waals surface area contributed by atoms with Gasteiger partial charge in [0.05, 0.1) is 12.7 Å². The molecule has 2 saturated heterocycles. The molecule has 0 saturated carbocycles. The predicted octanol–water partition coefficient (Wildman–Crippen LogP) is 3.21. The Hall–Kier alpha value is -2.96. The Kier molecular flexibility index (Phi) is 10.7. The molecule has 2 aromatic heterocycles. The lowest BCUT2D eigenvalue weighted by Gasteiger charge is -2.46. The molecular formula is C21H21F6N3O7S2. The normalized spacial score (nSPS) is 18.7. The number of hydrogen-bond acceptors (Lipinski definition) is 8. The number of aromatic nitrogens is 2. The summed E-state index contributed by atoms with van der Waals surface area (Å²) in [7, 11) is -3.43. The number of nitrogens with zero attached hydrogens (tertiary/aromatic N) is 3. The van der Waals surface area contributed by atoms with E-state index in [2.05, 4.69) is 9.97 Å². The molecule has 0 aromatic carbocycles. The van der Waals surface area contributed by atoms with Gasteiger partial charge < -0.3 is 14.9 Å². The van der Waals surface area contributed by atoms with E-state index in [0.717, 1.165) is 17.7 Å². The van der Waals surface area contributed by atoms with Gasteiger partial charge in [0.15, 0.2) is 0 Å². The SMILES string of the molecule is O=C(O)C(F)(F)F.O=C(O)C(F)(F)F.O=S(=O)(c1cccnc1)N1CC2(CC(OCc3cccnc3)CS2)C1. The Morgan fingerprint density at radius 3 is 1.95 bits per heavy atom. The number of carboxylic acid groups (broad SMARTS) is 2. The van der Waals surface area contributed by atoms with Crippen LogP contribution >= 0.6 is 11.8 Å². The fourth-order valence-electron chi connectivity index (χ4n) is 3.24. The maximum Gasteiger partial charge on any atom is 0.490 e. The van der Waals surface area contributed by atoms with Crippen molar-refractivity contribution in [3.05, 3.63) is 54.6 Å². The average Bonchev–Trinajstić information content (AvgIpc) is 3.28. The topological polar surface area (TPSA) is 147 Å². The first-order valence-corrected chi connectivity index (χ1v) is 13.0. The fourth-order valence-corrected chi connectivity index (χ4v) is 6.53. The van der Waals surface area contributed by atoms with Gasteiger partial charge in [-0.3, -0.25) is 9.97 Å². The Bertz CT molecular complexity index is 1190. The number of pyridine rings is 2. The summed E-state index contributed by atoms with van der Waals surface area (Å²) in [6.45, 7) is 1.64. The lowest BCUT2D eigenvalue weighted by molar-refractivity contribution is -0.193. The lowest BCUT2D eigenvalue weighted by atomic mass is 9.95. The number of alkyl halides is 6. The van der Waals surface area contributed by atoms with Crippen molar-refractivity contribution in [2.24, 2.45) is 0 Å². The van der Waals surface area contributed by atoms with Crippen LogP contribution in [0, 0.1) is 0 Å². The van der Waals surface area contributed by atoms with E-state index >= 15 is 0 Å². The molecule has 1 spiro atoms. The number of aliphatic carboxylic acids is 2. The summed E-state index contributed by atoms with van der Waals surface area (Å²) in [5, 5.41) is 14.2. The molecule has 1 unspecified atom stereocenters. The zero-order valence-corrected chi connectivity index (χ0v) is 21.2. The molecule has 39 heavy (non-hydrogen) atoms. The average molecular weight is 606 g/mol. The molecule has 2 N–H and O–H groups in total. The first-order valence-electron chi connectivity index (χ1n) is 10.6. The van der Waals surface area contributed by atoms with E-state index in [-0.39, 0.29) is 15.7 Å². The van der Waals surface area contributed by atoms with E-state index in [1.54, 1.807) is 28.8 Å². The highest BCUT2D eigenvalue weighted by Crippen LogP contribution is 2.47. The van der Waals surface area contributed by atoms with Crippen molar-refractivity contribution in [1.82, 2.24) is 14.3 Å². The minimum atomic E-state index is -5.08. The summed E-state index contributed by atoms with van der Waals surface area (Å²) in [5.41, 5.74) is 1.06. The van der Waals surface area contributed by atoms with E-state index in [1.807, 2.05) is 30.1 Å². The van der Waals surface area contributed by atoms with Gasteiger partial charge in [-0.15, -0.1) is 11.8 Å². The van der Waals surface area contributed by atoms with Crippen LogP contribution in [0.2, 0.25) is 0 Å². The summed E-state index contributed by atoms with van der Waals surface area (Å²) in [5.74, 6) is -4.61. The molecule has 1 atom stereocenters. The third-order valence-electron chi connectivity index (χ3n) is 5.07. The highest BCUT2D eigenvalue weighted by molar-refractivity contribution is 8.01. The van der Waals surface area contributed by atoms with Crippen LogP contribution in [0.1, 0.15) is 12.0 Å². The molecule has 0 aliphatic carbocycles. The first kappa shape index (κ1) is 32.3. The number of ether oxygens (including phenoxy) is 1. The molecular weight excluding hydrogens is 584 g/mol. The van der Waals surface area contributed by atoms with Crippen LogP contribution in [-0.2, 0) is 31.0 Å². The Balaban J connectivity index is 0.000000317. The van der Waals surface area contributed by atoms with E-state index in [9.17, 15) is 34.8 Å². The molecule has 4 rings (SSSR count). The molecule has 216 valence electrons. The number of carboxylic acids is 2. The predicted molar refractivity (Wildman–Crippen MR) is 123 cm³/mol. The highest BCUT2D eigenvalue weighted by atomic mass is 32.2. The van der Waals surface area contributed by atoms with E-state index in [0.29, 0.717) is 19.7 Å². The van der Waals surface area contributed by atoms with E-state index in [4.69, 9.17) is 24.5 Å². The quantitative estimate of drug-likeness (QED) is 0.487. The van der Waals surface area contributed by atoms with Crippen molar-refractivity contribution < 1.29 is 59.3 Å². The van der Waals surface area contributed by atoms with Crippen LogP contribution < -0.4 is 0 Å². The molecule has 2 fully saturated rings. The Labute approximate surface area is 222 Å². The molecule has 10 nitrogen and oxygen atoms in total. The van der Waals surface area contributed by atoms with Crippen LogP contribution in [0.3, 0.4) is 0 Å². The second-order valence-electron chi connectivity index (χ2n) is 8.06. The maximum absolute atomic E-state index is 12.6. The summed E-state index contributed by atoms with van der Waals surface area (Å²) >= 11 is 1.83. The lowest BCUT2D eigenvalue weighted by Crippen LogP contribution is -2.60. The van der Waals surface area contributed by atoms with Gasteiger partial charge in [-0.1, -0.05) is 6.07 Å². The smallest absolute Gasteiger partial charge is 0.475 e. The van der Waals surface area contributed by atoms with Gasteiger partial charge in [0.1, 0.15) is 4.90 Å². The molecule has 18 heteroatoms. The third kappa shape index (κ3) is 9.63. The van der Waals surface area contributed by atoms with Crippen LogP contribution in [0.4, 0.5) is 26.3 Å². The summed E-state index contributed by atoms with van der Waals surface area (Å²) in [4.78, 5) is 26.1. The minimum absolute atomic E-state index is 0.00508. The van der Waals surface area contributed by atoms with Gasteiger partial charge in [-0.25, -0.2) is 18.0 Å². The monoisotopic (exact) mass is 605 g/mol. The van der Waals surface area contributed by atoms with Crippen molar-refractivity contribution in [3.63, 3.8) is 0 Å². The van der Waals surface area contributed by atoms with Crippen molar-refractivity contribution in [2.45, 2.75) is 41.1 Å². The highest BCUT2D eigenvalue weighted by Gasteiger charge is 2.53. The number of carbonyl (C=O) groups is 2. The molecule has 2 aliphatic heterocycles.